The molecular formula is C28H28N4O2S2. The summed E-state index contributed by atoms with van der Waals surface area (Å²) in [5.74, 6) is 0.548. The van der Waals surface area contributed by atoms with E-state index in [0.29, 0.717) is 32.8 Å². The molecule has 3 aromatic rings. The summed E-state index contributed by atoms with van der Waals surface area (Å²) in [5.41, 5.74) is 4.43. The number of benzene rings is 1. The summed E-state index contributed by atoms with van der Waals surface area (Å²) in [6.07, 6.45) is 9.79. The van der Waals surface area contributed by atoms with Gasteiger partial charge in [0.25, 0.3) is 11.5 Å². The molecule has 1 aliphatic carbocycles. The average molecular weight is 517 g/mol. The quantitative estimate of drug-likeness (QED) is 0.357. The number of carbonyl (C=O) groups excluding carboxylic acids is 1. The van der Waals surface area contributed by atoms with Gasteiger partial charge in [-0.15, -0.1) is 0 Å². The smallest absolute Gasteiger partial charge is 0.267 e. The first-order valence-corrected chi connectivity index (χ1v) is 13.8. The van der Waals surface area contributed by atoms with Gasteiger partial charge >= 0.3 is 0 Å². The molecule has 1 aromatic carbocycles. The standard InChI is InChI=1S/C28H28N4O2S2/c1-18-8-7-14-31-24(18)29-25(30-15-13-19-9-5-6-10-20(19)17-30)22(26(31)33)16-23-27(34)32(28(35)36-23)21-11-3-2-4-12-21/h5-10,14,16,21H,2-4,11-13,15,17H2,1H3. The summed E-state index contributed by atoms with van der Waals surface area (Å²) in [7, 11) is 0. The van der Waals surface area contributed by atoms with Crippen LogP contribution in [-0.2, 0) is 17.8 Å². The maximum absolute atomic E-state index is 13.8. The Labute approximate surface area is 220 Å². The molecule has 2 aromatic heterocycles. The number of hydrogen-bond acceptors (Lipinski definition) is 6. The Kier molecular flexibility index (Phi) is 6.17. The van der Waals surface area contributed by atoms with Gasteiger partial charge in [0.05, 0.1) is 10.5 Å². The first-order valence-electron chi connectivity index (χ1n) is 12.6. The van der Waals surface area contributed by atoms with Crippen molar-refractivity contribution in [2.24, 2.45) is 0 Å². The zero-order valence-corrected chi connectivity index (χ0v) is 21.9. The molecule has 1 amide bonds. The SMILES string of the molecule is Cc1cccn2c(=O)c(C=C3SC(=S)N(C4CCCCC4)C3=O)c(N3CCc4ccccc4C3)nc12. The molecule has 0 N–H and O–H groups in total. The van der Waals surface area contributed by atoms with Crippen LogP contribution in [0.15, 0.2) is 52.3 Å². The molecule has 6 rings (SSSR count). The number of hydrogen-bond donors (Lipinski definition) is 0. The van der Waals surface area contributed by atoms with E-state index in [4.69, 9.17) is 17.2 Å². The number of aromatic nitrogens is 2. The zero-order chi connectivity index (χ0) is 24.8. The Hall–Kier alpha value is -2.97. The molecule has 0 atom stereocenters. The van der Waals surface area contributed by atoms with E-state index in [9.17, 15) is 9.59 Å². The number of nitrogens with zero attached hydrogens (tertiary/aromatic N) is 4. The highest BCUT2D eigenvalue weighted by molar-refractivity contribution is 8.26. The molecule has 0 spiro atoms. The Bertz CT molecular complexity index is 1470. The normalized spacial score (nSPS) is 20.0. The summed E-state index contributed by atoms with van der Waals surface area (Å²) >= 11 is 6.94. The van der Waals surface area contributed by atoms with Crippen LogP contribution in [0.1, 0.15) is 54.4 Å². The second kappa shape index (κ2) is 9.48. The fourth-order valence-corrected chi connectivity index (χ4v) is 6.99. The van der Waals surface area contributed by atoms with Gasteiger partial charge < -0.3 is 4.90 Å². The van der Waals surface area contributed by atoms with Gasteiger partial charge in [-0.25, -0.2) is 4.98 Å². The molecule has 3 aliphatic rings. The van der Waals surface area contributed by atoms with Gasteiger partial charge in [-0.05, 0) is 55.0 Å². The van der Waals surface area contributed by atoms with E-state index >= 15 is 0 Å². The molecule has 0 unspecified atom stereocenters. The van der Waals surface area contributed by atoms with Crippen molar-refractivity contribution >= 4 is 51.7 Å². The lowest BCUT2D eigenvalue weighted by molar-refractivity contribution is -0.124. The number of carbonyl (C=O) groups is 1. The lowest BCUT2D eigenvalue weighted by Gasteiger charge is -2.31. The fourth-order valence-electron chi connectivity index (χ4n) is 5.61. The summed E-state index contributed by atoms with van der Waals surface area (Å²) in [6, 6.07) is 12.4. The fraction of sp³-hybridized carbons (Fsp3) is 0.357. The van der Waals surface area contributed by atoms with Crippen molar-refractivity contribution in [2.75, 3.05) is 11.4 Å². The predicted molar refractivity (Wildman–Crippen MR) is 149 cm³/mol. The number of thiocarbonyl (C=S) groups is 1. The highest BCUT2D eigenvalue weighted by Gasteiger charge is 2.38. The van der Waals surface area contributed by atoms with E-state index in [-0.39, 0.29) is 17.5 Å². The monoisotopic (exact) mass is 516 g/mol. The molecule has 0 radical (unpaired) electrons. The van der Waals surface area contributed by atoms with Crippen molar-refractivity contribution in [1.82, 2.24) is 14.3 Å². The molecule has 4 heterocycles. The predicted octanol–water partition coefficient (Wildman–Crippen LogP) is 5.10. The third-order valence-corrected chi connectivity index (χ3v) is 8.86. The van der Waals surface area contributed by atoms with Crippen LogP contribution in [0.5, 0.6) is 0 Å². The van der Waals surface area contributed by atoms with Gasteiger partial charge in [0.1, 0.15) is 15.8 Å². The highest BCUT2D eigenvalue weighted by Crippen LogP contribution is 2.38. The first-order chi connectivity index (χ1) is 17.5. The summed E-state index contributed by atoms with van der Waals surface area (Å²) < 4.78 is 2.18. The van der Waals surface area contributed by atoms with Gasteiger partial charge in [0.15, 0.2) is 0 Å². The minimum atomic E-state index is -0.166. The van der Waals surface area contributed by atoms with Crippen LogP contribution >= 0.6 is 24.0 Å². The van der Waals surface area contributed by atoms with Crippen molar-refractivity contribution in [3.8, 4) is 0 Å². The average Bonchev–Trinajstić information content (AvgIpc) is 3.18. The molecule has 1 saturated heterocycles. The van der Waals surface area contributed by atoms with E-state index in [2.05, 4.69) is 23.1 Å². The maximum atomic E-state index is 13.8. The number of amides is 1. The maximum Gasteiger partial charge on any atom is 0.267 e. The minimum Gasteiger partial charge on any atom is -0.351 e. The van der Waals surface area contributed by atoms with Crippen LogP contribution in [0, 0.1) is 6.92 Å². The number of pyridine rings is 1. The van der Waals surface area contributed by atoms with Gasteiger partial charge in [-0.1, -0.05) is 73.6 Å². The van der Waals surface area contributed by atoms with E-state index in [1.165, 1.54) is 29.3 Å². The molecule has 6 nitrogen and oxygen atoms in total. The van der Waals surface area contributed by atoms with Crippen LogP contribution in [-0.4, -0.2) is 37.1 Å². The Morgan fingerprint density at radius 2 is 1.83 bits per heavy atom. The Morgan fingerprint density at radius 3 is 2.64 bits per heavy atom. The van der Waals surface area contributed by atoms with Crippen LogP contribution in [0.3, 0.4) is 0 Å². The summed E-state index contributed by atoms with van der Waals surface area (Å²) in [6.45, 7) is 3.40. The van der Waals surface area contributed by atoms with Crippen LogP contribution in [0.25, 0.3) is 11.7 Å². The van der Waals surface area contributed by atoms with Gasteiger partial charge in [-0.2, -0.15) is 0 Å². The molecular weight excluding hydrogens is 488 g/mol. The Balaban J connectivity index is 1.46. The van der Waals surface area contributed by atoms with Crippen molar-refractivity contribution in [2.45, 2.75) is 58.0 Å². The van der Waals surface area contributed by atoms with Crippen LogP contribution < -0.4 is 10.5 Å². The minimum absolute atomic E-state index is 0.0828. The van der Waals surface area contributed by atoms with Crippen molar-refractivity contribution in [3.05, 3.63) is 80.1 Å². The van der Waals surface area contributed by atoms with Crippen molar-refractivity contribution in [1.29, 1.82) is 0 Å². The molecule has 2 aliphatic heterocycles. The molecule has 0 bridgehead atoms. The molecule has 1 saturated carbocycles. The Morgan fingerprint density at radius 1 is 1.06 bits per heavy atom. The number of thioether (sulfide) groups is 1. The largest absolute Gasteiger partial charge is 0.351 e. The van der Waals surface area contributed by atoms with E-state index in [1.54, 1.807) is 21.6 Å². The van der Waals surface area contributed by atoms with Gasteiger partial charge in [0.2, 0.25) is 0 Å². The van der Waals surface area contributed by atoms with Crippen molar-refractivity contribution < 1.29 is 4.79 Å². The second-order valence-electron chi connectivity index (χ2n) is 9.82. The number of fused-ring (bicyclic) bond motifs is 2. The first kappa shape index (κ1) is 23.4. The molecule has 36 heavy (non-hydrogen) atoms. The third-order valence-electron chi connectivity index (χ3n) is 7.53. The number of aryl methyl sites for hydroxylation is 1. The van der Waals surface area contributed by atoms with Crippen LogP contribution in [0.4, 0.5) is 5.82 Å². The number of anilines is 1. The second-order valence-corrected chi connectivity index (χ2v) is 11.5. The van der Waals surface area contributed by atoms with Crippen molar-refractivity contribution in [3.63, 3.8) is 0 Å². The lowest BCUT2D eigenvalue weighted by Crippen LogP contribution is -2.39. The van der Waals surface area contributed by atoms with Gasteiger partial charge in [-0.3, -0.25) is 18.9 Å². The van der Waals surface area contributed by atoms with E-state index in [0.717, 1.165) is 44.2 Å². The molecule has 184 valence electrons. The summed E-state index contributed by atoms with van der Waals surface area (Å²) in [5, 5.41) is 0. The van der Waals surface area contributed by atoms with Crippen LogP contribution in [0.2, 0.25) is 0 Å². The highest BCUT2D eigenvalue weighted by atomic mass is 32.2. The summed E-state index contributed by atoms with van der Waals surface area (Å²) in [4.78, 5) is 36.8. The zero-order valence-electron chi connectivity index (χ0n) is 20.3. The van der Waals surface area contributed by atoms with Gasteiger partial charge in [0, 0.05) is 25.3 Å². The third kappa shape index (κ3) is 4.06. The topological polar surface area (TPSA) is 57.9 Å². The molecule has 2 fully saturated rings. The molecule has 8 heteroatoms. The van der Waals surface area contributed by atoms with E-state index < -0.39 is 0 Å². The van der Waals surface area contributed by atoms with E-state index in [1.807, 2.05) is 25.1 Å². The lowest BCUT2D eigenvalue weighted by atomic mass is 9.94. The number of rotatable bonds is 3.